The molecule has 3 heterocycles. The monoisotopic (exact) mass is 242 g/mol. The lowest BCUT2D eigenvalue weighted by Crippen LogP contribution is -2.43. The van der Waals surface area contributed by atoms with Crippen molar-refractivity contribution in [3.8, 4) is 0 Å². The highest BCUT2D eigenvalue weighted by Crippen LogP contribution is 2.20. The number of nitrogens with zero attached hydrogens (tertiary/aromatic N) is 3. The first kappa shape index (κ1) is 11.4. The van der Waals surface area contributed by atoms with Crippen LogP contribution < -0.4 is 10.2 Å². The number of hydrogen-bond donors (Lipinski definition) is 1. The van der Waals surface area contributed by atoms with Gasteiger partial charge in [-0.3, -0.25) is 0 Å². The van der Waals surface area contributed by atoms with Gasteiger partial charge < -0.3 is 10.2 Å². The number of fused-ring (bicyclic) bond motifs is 1. The van der Waals surface area contributed by atoms with Crippen molar-refractivity contribution in [1.82, 2.24) is 15.3 Å². The summed E-state index contributed by atoms with van der Waals surface area (Å²) in [6.45, 7) is 8.22. The summed E-state index contributed by atoms with van der Waals surface area (Å²) in [5.74, 6) is 1.04. The van der Waals surface area contributed by atoms with Crippen LogP contribution in [0.2, 0.25) is 0 Å². The third-order valence-electron chi connectivity index (χ3n) is 3.43. The van der Waals surface area contributed by atoms with E-state index in [-0.39, 0.29) is 0 Å². The number of piperazine rings is 1. The number of pyridine rings is 2. The third kappa shape index (κ3) is 2.04. The summed E-state index contributed by atoms with van der Waals surface area (Å²) in [5, 5.41) is 4.51. The molecule has 2 aromatic rings. The average molecular weight is 242 g/mol. The van der Waals surface area contributed by atoms with Gasteiger partial charge in [-0.15, -0.1) is 0 Å². The van der Waals surface area contributed by atoms with Crippen molar-refractivity contribution in [3.05, 3.63) is 29.5 Å². The van der Waals surface area contributed by atoms with Gasteiger partial charge in [-0.25, -0.2) is 9.97 Å². The van der Waals surface area contributed by atoms with Crippen molar-refractivity contribution < 1.29 is 0 Å². The van der Waals surface area contributed by atoms with Crippen LogP contribution in [0, 0.1) is 13.8 Å². The second-order valence-corrected chi connectivity index (χ2v) is 4.86. The molecule has 0 amide bonds. The minimum absolute atomic E-state index is 0.864. The number of aryl methyl sites for hydroxylation is 2. The molecule has 1 aliphatic rings. The fourth-order valence-electron chi connectivity index (χ4n) is 2.49. The van der Waals surface area contributed by atoms with Crippen LogP contribution in [0.15, 0.2) is 18.2 Å². The number of anilines is 1. The lowest BCUT2D eigenvalue weighted by atomic mass is 10.1. The number of nitrogens with one attached hydrogen (secondary N) is 1. The molecule has 0 aromatic carbocycles. The smallest absolute Gasteiger partial charge is 0.162 e. The Balaban J connectivity index is 2.04. The normalized spacial score (nSPS) is 16.2. The summed E-state index contributed by atoms with van der Waals surface area (Å²) in [4.78, 5) is 11.6. The van der Waals surface area contributed by atoms with E-state index in [1.807, 2.05) is 6.92 Å². The van der Waals surface area contributed by atoms with Crippen LogP contribution in [0.3, 0.4) is 0 Å². The van der Waals surface area contributed by atoms with Crippen LogP contribution in [0.1, 0.15) is 11.3 Å². The molecule has 18 heavy (non-hydrogen) atoms. The number of rotatable bonds is 1. The molecule has 4 heteroatoms. The fraction of sp³-hybridized carbons (Fsp3) is 0.429. The molecule has 0 bridgehead atoms. The molecule has 1 aliphatic heterocycles. The molecular formula is C14H18N4. The Morgan fingerprint density at radius 1 is 1.11 bits per heavy atom. The van der Waals surface area contributed by atoms with E-state index in [0.717, 1.165) is 48.7 Å². The topological polar surface area (TPSA) is 41.0 Å². The molecule has 94 valence electrons. The quantitative estimate of drug-likeness (QED) is 0.825. The van der Waals surface area contributed by atoms with Crippen molar-refractivity contribution in [3.63, 3.8) is 0 Å². The Morgan fingerprint density at radius 3 is 2.67 bits per heavy atom. The molecule has 0 atom stereocenters. The van der Waals surface area contributed by atoms with E-state index in [2.05, 4.69) is 40.3 Å². The Bertz CT molecular complexity index is 573. The molecule has 3 rings (SSSR count). The predicted octanol–water partition coefficient (Wildman–Crippen LogP) is 1.66. The second-order valence-electron chi connectivity index (χ2n) is 4.86. The fourth-order valence-corrected chi connectivity index (χ4v) is 2.49. The Morgan fingerprint density at radius 2 is 1.89 bits per heavy atom. The average Bonchev–Trinajstić information content (AvgIpc) is 2.39. The molecule has 1 N–H and O–H groups in total. The number of aromatic nitrogens is 2. The van der Waals surface area contributed by atoms with Crippen molar-refractivity contribution in [2.45, 2.75) is 13.8 Å². The van der Waals surface area contributed by atoms with E-state index in [9.17, 15) is 0 Å². The van der Waals surface area contributed by atoms with E-state index in [4.69, 9.17) is 4.98 Å². The summed E-state index contributed by atoms with van der Waals surface area (Å²) < 4.78 is 0. The van der Waals surface area contributed by atoms with E-state index in [0.29, 0.717) is 0 Å². The van der Waals surface area contributed by atoms with Gasteiger partial charge in [0.2, 0.25) is 0 Å². The van der Waals surface area contributed by atoms with Crippen molar-refractivity contribution in [2.75, 3.05) is 31.1 Å². The highest BCUT2D eigenvalue weighted by atomic mass is 15.2. The maximum Gasteiger partial charge on any atom is 0.162 e. The Hall–Kier alpha value is -1.68. The van der Waals surface area contributed by atoms with E-state index in [1.54, 1.807) is 0 Å². The molecule has 0 unspecified atom stereocenters. The van der Waals surface area contributed by atoms with Gasteiger partial charge in [-0.05, 0) is 37.6 Å². The molecule has 4 nitrogen and oxygen atoms in total. The molecular weight excluding hydrogens is 224 g/mol. The Labute approximate surface area is 107 Å². The zero-order valence-electron chi connectivity index (χ0n) is 10.9. The SMILES string of the molecule is Cc1cc(C)c2ccc(N3CCNCC3)nc2n1. The van der Waals surface area contributed by atoms with Gasteiger partial charge in [0.1, 0.15) is 5.82 Å². The van der Waals surface area contributed by atoms with Gasteiger partial charge >= 0.3 is 0 Å². The maximum absolute atomic E-state index is 4.71. The lowest BCUT2D eigenvalue weighted by Gasteiger charge is -2.28. The van der Waals surface area contributed by atoms with E-state index < -0.39 is 0 Å². The first-order chi connectivity index (χ1) is 8.74. The van der Waals surface area contributed by atoms with Crippen molar-refractivity contribution >= 4 is 16.9 Å². The first-order valence-corrected chi connectivity index (χ1v) is 6.45. The van der Waals surface area contributed by atoms with Crippen LogP contribution >= 0.6 is 0 Å². The zero-order valence-corrected chi connectivity index (χ0v) is 10.9. The van der Waals surface area contributed by atoms with Crippen LogP contribution in [-0.2, 0) is 0 Å². The van der Waals surface area contributed by atoms with E-state index in [1.165, 1.54) is 5.56 Å². The highest BCUT2D eigenvalue weighted by Gasteiger charge is 2.12. The summed E-state index contributed by atoms with van der Waals surface area (Å²) in [6, 6.07) is 6.35. The third-order valence-corrected chi connectivity index (χ3v) is 3.43. The zero-order chi connectivity index (χ0) is 12.5. The summed E-state index contributed by atoms with van der Waals surface area (Å²) in [6.07, 6.45) is 0. The summed E-state index contributed by atoms with van der Waals surface area (Å²) in [5.41, 5.74) is 3.14. The van der Waals surface area contributed by atoms with Crippen LogP contribution in [0.25, 0.3) is 11.0 Å². The molecule has 2 aromatic heterocycles. The largest absolute Gasteiger partial charge is 0.354 e. The summed E-state index contributed by atoms with van der Waals surface area (Å²) >= 11 is 0. The molecule has 0 radical (unpaired) electrons. The van der Waals surface area contributed by atoms with Gasteiger partial charge in [-0.2, -0.15) is 0 Å². The maximum atomic E-state index is 4.71. The minimum atomic E-state index is 0.864. The molecule has 0 saturated carbocycles. The number of hydrogen-bond acceptors (Lipinski definition) is 4. The minimum Gasteiger partial charge on any atom is -0.354 e. The Kier molecular flexibility index (Phi) is 2.88. The van der Waals surface area contributed by atoms with Gasteiger partial charge in [-0.1, -0.05) is 0 Å². The van der Waals surface area contributed by atoms with Crippen LogP contribution in [-0.4, -0.2) is 36.1 Å². The molecule has 1 fully saturated rings. The summed E-state index contributed by atoms with van der Waals surface area (Å²) in [7, 11) is 0. The van der Waals surface area contributed by atoms with Crippen LogP contribution in [0.4, 0.5) is 5.82 Å². The molecule has 0 aliphatic carbocycles. The molecule has 0 spiro atoms. The lowest BCUT2D eigenvalue weighted by molar-refractivity contribution is 0.585. The van der Waals surface area contributed by atoms with Gasteiger partial charge in [0, 0.05) is 37.3 Å². The first-order valence-electron chi connectivity index (χ1n) is 6.45. The van der Waals surface area contributed by atoms with Gasteiger partial charge in [0.25, 0.3) is 0 Å². The second kappa shape index (κ2) is 4.53. The van der Waals surface area contributed by atoms with Crippen molar-refractivity contribution in [1.29, 1.82) is 0 Å². The van der Waals surface area contributed by atoms with E-state index >= 15 is 0 Å². The standard InChI is InChI=1S/C14H18N4/c1-10-9-11(2)16-14-12(10)3-4-13(17-14)18-7-5-15-6-8-18/h3-4,9,15H,5-8H2,1-2H3. The highest BCUT2D eigenvalue weighted by molar-refractivity contribution is 5.80. The predicted molar refractivity (Wildman–Crippen MR) is 74.1 cm³/mol. The van der Waals surface area contributed by atoms with Gasteiger partial charge in [0.15, 0.2) is 5.65 Å². The molecule has 1 saturated heterocycles. The van der Waals surface area contributed by atoms with Crippen LogP contribution in [0.5, 0.6) is 0 Å². The van der Waals surface area contributed by atoms with Gasteiger partial charge in [0.05, 0.1) is 0 Å². The van der Waals surface area contributed by atoms with Crippen molar-refractivity contribution in [2.24, 2.45) is 0 Å².